The number of nitrogens with zero attached hydrogens (tertiary/aromatic N) is 4. The third-order valence-corrected chi connectivity index (χ3v) is 3.84. The molecule has 3 aromatic rings. The van der Waals surface area contributed by atoms with Gasteiger partial charge in [0, 0.05) is 5.92 Å². The van der Waals surface area contributed by atoms with E-state index in [2.05, 4.69) is 43.3 Å². The molecular weight excluding hydrogens is 270 g/mol. The van der Waals surface area contributed by atoms with Crippen LogP contribution in [0.15, 0.2) is 33.4 Å². The lowest BCUT2D eigenvalue weighted by atomic mass is 9.82. The van der Waals surface area contributed by atoms with Crippen LogP contribution in [0.5, 0.6) is 0 Å². The Morgan fingerprint density at radius 1 is 1.14 bits per heavy atom. The second kappa shape index (κ2) is 4.69. The van der Waals surface area contributed by atoms with Crippen molar-refractivity contribution in [2.75, 3.05) is 5.73 Å². The number of anilines is 1. The molecule has 7 nitrogen and oxygen atoms in total. The average molecular weight is 283 g/mol. The first-order chi connectivity index (χ1) is 10.3. The van der Waals surface area contributed by atoms with Crippen molar-refractivity contribution in [2.24, 2.45) is 0 Å². The number of rotatable bonds is 2. The van der Waals surface area contributed by atoms with Crippen molar-refractivity contribution < 1.29 is 9.15 Å². The van der Waals surface area contributed by atoms with E-state index in [4.69, 9.17) is 10.3 Å². The van der Waals surface area contributed by atoms with Crippen molar-refractivity contribution in [2.45, 2.75) is 25.2 Å². The summed E-state index contributed by atoms with van der Waals surface area (Å²) in [5.74, 6) is 1.19. The molecule has 0 radical (unpaired) electrons. The minimum absolute atomic E-state index is 0.147. The fourth-order valence-corrected chi connectivity index (χ4v) is 2.84. The number of nitrogens with two attached hydrogens (primary N) is 1. The maximum Gasteiger partial charge on any atom is 0.284 e. The SMILES string of the molecule is Nc1nonc1-c1nc(C2CCCc3ccccc32)no1. The van der Waals surface area contributed by atoms with Crippen LogP contribution in [-0.2, 0) is 6.42 Å². The van der Waals surface area contributed by atoms with Crippen molar-refractivity contribution in [1.29, 1.82) is 0 Å². The maximum atomic E-state index is 5.64. The number of hydrogen-bond donors (Lipinski definition) is 1. The van der Waals surface area contributed by atoms with Crippen molar-refractivity contribution in [3.05, 3.63) is 41.2 Å². The first kappa shape index (κ1) is 12.1. The van der Waals surface area contributed by atoms with E-state index in [1.54, 1.807) is 0 Å². The van der Waals surface area contributed by atoms with Gasteiger partial charge in [0.05, 0.1) is 0 Å². The Morgan fingerprint density at radius 2 is 2.05 bits per heavy atom. The molecule has 106 valence electrons. The Bertz CT molecular complexity index is 779. The highest BCUT2D eigenvalue weighted by molar-refractivity contribution is 5.60. The van der Waals surface area contributed by atoms with Gasteiger partial charge < -0.3 is 10.3 Å². The van der Waals surface area contributed by atoms with Crippen molar-refractivity contribution in [1.82, 2.24) is 20.5 Å². The van der Waals surface area contributed by atoms with E-state index in [1.165, 1.54) is 11.1 Å². The normalized spacial score (nSPS) is 17.6. The van der Waals surface area contributed by atoms with Gasteiger partial charge in [-0.3, -0.25) is 0 Å². The summed E-state index contributed by atoms with van der Waals surface area (Å²) in [6.07, 6.45) is 3.21. The monoisotopic (exact) mass is 283 g/mol. The molecule has 1 atom stereocenters. The van der Waals surface area contributed by atoms with Gasteiger partial charge in [-0.25, -0.2) is 4.63 Å². The molecule has 1 aliphatic rings. The first-order valence-corrected chi connectivity index (χ1v) is 6.83. The lowest BCUT2D eigenvalue weighted by Crippen LogP contribution is -2.12. The number of hydrogen-bond acceptors (Lipinski definition) is 7. The molecule has 0 bridgehead atoms. The highest BCUT2D eigenvalue weighted by Gasteiger charge is 2.27. The molecule has 2 heterocycles. The van der Waals surface area contributed by atoms with E-state index >= 15 is 0 Å². The van der Waals surface area contributed by atoms with Gasteiger partial charge >= 0.3 is 0 Å². The van der Waals surface area contributed by atoms with E-state index in [-0.39, 0.29) is 23.3 Å². The van der Waals surface area contributed by atoms with E-state index in [9.17, 15) is 0 Å². The van der Waals surface area contributed by atoms with Crippen molar-refractivity contribution >= 4 is 5.82 Å². The van der Waals surface area contributed by atoms with Crippen LogP contribution in [0.2, 0.25) is 0 Å². The molecule has 0 saturated carbocycles. The Hall–Kier alpha value is -2.70. The Kier molecular flexibility index (Phi) is 2.70. The van der Waals surface area contributed by atoms with Crippen molar-refractivity contribution in [3.63, 3.8) is 0 Å². The molecule has 1 unspecified atom stereocenters. The van der Waals surface area contributed by atoms with Gasteiger partial charge in [-0.15, -0.1) is 0 Å². The van der Waals surface area contributed by atoms with Gasteiger partial charge in [0.1, 0.15) is 0 Å². The van der Waals surface area contributed by atoms with Gasteiger partial charge in [0.2, 0.25) is 11.5 Å². The van der Waals surface area contributed by atoms with Crippen molar-refractivity contribution in [3.8, 4) is 11.6 Å². The predicted octanol–water partition coefficient (Wildman–Crippen LogP) is 2.17. The molecule has 0 saturated heterocycles. The van der Waals surface area contributed by atoms with Crippen LogP contribution in [0.3, 0.4) is 0 Å². The first-order valence-electron chi connectivity index (χ1n) is 6.83. The second-order valence-electron chi connectivity index (χ2n) is 5.10. The molecule has 1 aromatic carbocycles. The van der Waals surface area contributed by atoms with Crippen LogP contribution < -0.4 is 5.73 Å². The highest BCUT2D eigenvalue weighted by atomic mass is 16.6. The summed E-state index contributed by atoms with van der Waals surface area (Å²) >= 11 is 0. The summed E-state index contributed by atoms with van der Waals surface area (Å²) in [4.78, 5) is 4.42. The number of fused-ring (bicyclic) bond motifs is 1. The Balaban J connectivity index is 1.73. The van der Waals surface area contributed by atoms with E-state index < -0.39 is 0 Å². The Labute approximate surface area is 120 Å². The van der Waals surface area contributed by atoms with E-state index in [0.29, 0.717) is 5.82 Å². The third kappa shape index (κ3) is 1.97. The largest absolute Gasteiger partial charge is 0.379 e. The summed E-state index contributed by atoms with van der Waals surface area (Å²) in [6, 6.07) is 8.38. The molecule has 0 amide bonds. The summed E-state index contributed by atoms with van der Waals surface area (Å²) < 4.78 is 9.81. The zero-order valence-corrected chi connectivity index (χ0v) is 11.2. The fourth-order valence-electron chi connectivity index (χ4n) is 2.84. The van der Waals surface area contributed by atoms with E-state index in [1.807, 2.05) is 6.07 Å². The highest BCUT2D eigenvalue weighted by Crippen LogP contribution is 2.36. The van der Waals surface area contributed by atoms with Gasteiger partial charge in [0.15, 0.2) is 5.82 Å². The molecule has 2 aromatic heterocycles. The van der Waals surface area contributed by atoms with Gasteiger partial charge in [-0.05, 0) is 40.7 Å². The lowest BCUT2D eigenvalue weighted by Gasteiger charge is -2.22. The summed E-state index contributed by atoms with van der Waals surface area (Å²) in [5.41, 5.74) is 8.55. The minimum atomic E-state index is 0.147. The van der Waals surface area contributed by atoms with Crippen LogP contribution >= 0.6 is 0 Å². The van der Waals surface area contributed by atoms with Gasteiger partial charge in [0.25, 0.3) is 5.89 Å². The molecule has 0 fully saturated rings. The Morgan fingerprint density at radius 3 is 2.90 bits per heavy atom. The molecule has 0 spiro atoms. The van der Waals surface area contributed by atoms with Gasteiger partial charge in [-0.1, -0.05) is 29.4 Å². The van der Waals surface area contributed by atoms with Crippen LogP contribution in [0.1, 0.15) is 35.7 Å². The number of aromatic nitrogens is 4. The number of aryl methyl sites for hydroxylation is 1. The zero-order chi connectivity index (χ0) is 14.2. The average Bonchev–Trinajstić information content (AvgIpc) is 3.15. The minimum Gasteiger partial charge on any atom is -0.379 e. The lowest BCUT2D eigenvalue weighted by molar-refractivity contribution is 0.308. The molecule has 0 aliphatic heterocycles. The number of nitrogen functional groups attached to an aromatic ring is 1. The summed E-state index contributed by atoms with van der Waals surface area (Å²) in [7, 11) is 0. The third-order valence-electron chi connectivity index (χ3n) is 3.84. The molecule has 2 N–H and O–H groups in total. The quantitative estimate of drug-likeness (QED) is 0.768. The molecule has 4 rings (SSSR count). The van der Waals surface area contributed by atoms with Crippen LogP contribution in [-0.4, -0.2) is 20.5 Å². The molecule has 21 heavy (non-hydrogen) atoms. The number of benzene rings is 1. The summed E-state index contributed by atoms with van der Waals surface area (Å²) in [5, 5.41) is 11.3. The zero-order valence-electron chi connectivity index (χ0n) is 11.2. The predicted molar refractivity (Wildman–Crippen MR) is 73.2 cm³/mol. The standard InChI is InChI=1S/C14H13N5O2/c15-12-11(17-21-18-12)14-16-13(19-20-14)10-7-3-5-8-4-1-2-6-9(8)10/h1-2,4,6,10H,3,5,7H2,(H2,15,18). The van der Waals surface area contributed by atoms with Crippen LogP contribution in [0.4, 0.5) is 5.82 Å². The topological polar surface area (TPSA) is 104 Å². The molecule has 1 aliphatic carbocycles. The fraction of sp³-hybridized carbons (Fsp3) is 0.286. The van der Waals surface area contributed by atoms with Gasteiger partial charge in [-0.2, -0.15) is 4.98 Å². The summed E-state index contributed by atoms with van der Waals surface area (Å²) in [6.45, 7) is 0. The van der Waals surface area contributed by atoms with Crippen LogP contribution in [0, 0.1) is 0 Å². The van der Waals surface area contributed by atoms with Crippen LogP contribution in [0.25, 0.3) is 11.6 Å². The second-order valence-corrected chi connectivity index (χ2v) is 5.10. The molecular formula is C14H13N5O2. The smallest absolute Gasteiger partial charge is 0.284 e. The van der Waals surface area contributed by atoms with E-state index in [0.717, 1.165) is 19.3 Å². The maximum absolute atomic E-state index is 5.64. The molecule has 7 heteroatoms.